The fourth-order valence-corrected chi connectivity index (χ4v) is 3.01. The number of hydrogen-bond acceptors (Lipinski definition) is 4. The molecule has 2 atom stereocenters. The maximum atomic E-state index is 12.2. The lowest BCUT2D eigenvalue weighted by Gasteiger charge is -2.20. The van der Waals surface area contributed by atoms with Crippen LogP contribution in [0.15, 0.2) is 29.2 Å². The maximum Gasteiger partial charge on any atom is 0.252 e. The minimum Gasteiger partial charge on any atom is -0.376 e. The lowest BCUT2D eigenvalue weighted by molar-refractivity contribution is 0.0710. The van der Waals surface area contributed by atoms with Gasteiger partial charge >= 0.3 is 0 Å². The van der Waals surface area contributed by atoms with Gasteiger partial charge in [-0.05, 0) is 31.9 Å². The normalized spacial score (nSPS) is 20.6. The van der Waals surface area contributed by atoms with E-state index in [1.807, 2.05) is 6.92 Å². The van der Waals surface area contributed by atoms with Crippen molar-refractivity contribution < 1.29 is 17.9 Å². The molecule has 0 spiro atoms. The summed E-state index contributed by atoms with van der Waals surface area (Å²) in [6.45, 7) is 2.53. The molecule has 1 aromatic carbocycles. The van der Waals surface area contributed by atoms with Gasteiger partial charge < -0.3 is 10.1 Å². The van der Waals surface area contributed by atoms with Gasteiger partial charge in [0.25, 0.3) is 5.91 Å². The molecule has 0 aromatic heterocycles. The van der Waals surface area contributed by atoms with E-state index in [4.69, 9.17) is 9.88 Å². The monoisotopic (exact) mass is 298 g/mol. The number of carbonyl (C=O) groups excluding carboxylic acids is 1. The molecule has 7 heteroatoms. The Balaban J connectivity index is 2.17. The SMILES string of the molecule is CC(NC(=O)c1ccccc1S(N)(=O)=O)C1CCCO1. The average Bonchev–Trinajstić information content (AvgIpc) is 2.91. The van der Waals surface area contributed by atoms with Gasteiger partial charge in [-0.15, -0.1) is 0 Å². The van der Waals surface area contributed by atoms with E-state index in [1.165, 1.54) is 18.2 Å². The lowest BCUT2D eigenvalue weighted by Crippen LogP contribution is -2.41. The van der Waals surface area contributed by atoms with Crippen molar-refractivity contribution in [3.05, 3.63) is 29.8 Å². The van der Waals surface area contributed by atoms with Crippen molar-refractivity contribution in [3.8, 4) is 0 Å². The van der Waals surface area contributed by atoms with Crippen molar-refractivity contribution in [2.75, 3.05) is 6.61 Å². The van der Waals surface area contributed by atoms with E-state index < -0.39 is 15.9 Å². The summed E-state index contributed by atoms with van der Waals surface area (Å²) in [5.41, 5.74) is 0.0554. The number of carbonyl (C=O) groups is 1. The van der Waals surface area contributed by atoms with Gasteiger partial charge in [0.15, 0.2) is 0 Å². The van der Waals surface area contributed by atoms with Gasteiger partial charge in [-0.3, -0.25) is 4.79 Å². The highest BCUT2D eigenvalue weighted by Crippen LogP contribution is 2.17. The second-order valence-electron chi connectivity index (χ2n) is 4.85. The molecule has 1 aromatic rings. The topological polar surface area (TPSA) is 98.5 Å². The Labute approximate surface area is 118 Å². The van der Waals surface area contributed by atoms with E-state index in [0.29, 0.717) is 6.61 Å². The fourth-order valence-electron chi connectivity index (χ4n) is 2.28. The molecule has 0 saturated carbocycles. The van der Waals surface area contributed by atoms with E-state index in [2.05, 4.69) is 5.32 Å². The van der Waals surface area contributed by atoms with Gasteiger partial charge in [0, 0.05) is 6.61 Å². The minimum atomic E-state index is -3.93. The summed E-state index contributed by atoms with van der Waals surface area (Å²) in [7, 11) is -3.93. The van der Waals surface area contributed by atoms with Gasteiger partial charge in [0.2, 0.25) is 10.0 Å². The molecule has 6 nitrogen and oxygen atoms in total. The molecule has 1 saturated heterocycles. The second-order valence-corrected chi connectivity index (χ2v) is 6.38. The van der Waals surface area contributed by atoms with Crippen molar-refractivity contribution in [1.29, 1.82) is 0 Å². The van der Waals surface area contributed by atoms with Crippen LogP contribution in [-0.4, -0.2) is 33.1 Å². The highest BCUT2D eigenvalue weighted by Gasteiger charge is 2.26. The molecule has 1 heterocycles. The molecule has 2 rings (SSSR count). The molecule has 1 aliphatic heterocycles. The highest BCUT2D eigenvalue weighted by molar-refractivity contribution is 7.89. The van der Waals surface area contributed by atoms with Crippen LogP contribution in [-0.2, 0) is 14.8 Å². The average molecular weight is 298 g/mol. The summed E-state index contributed by atoms with van der Waals surface area (Å²) in [5, 5.41) is 7.88. The Kier molecular flexibility index (Phi) is 4.42. The first-order chi connectivity index (χ1) is 9.39. The molecule has 110 valence electrons. The third kappa shape index (κ3) is 3.36. The van der Waals surface area contributed by atoms with E-state index in [0.717, 1.165) is 12.8 Å². The van der Waals surface area contributed by atoms with Crippen molar-refractivity contribution in [3.63, 3.8) is 0 Å². The van der Waals surface area contributed by atoms with E-state index in [-0.39, 0.29) is 22.6 Å². The predicted molar refractivity (Wildman–Crippen MR) is 73.7 cm³/mol. The zero-order chi connectivity index (χ0) is 14.8. The first-order valence-corrected chi connectivity index (χ1v) is 7.98. The van der Waals surface area contributed by atoms with Crippen LogP contribution in [0.5, 0.6) is 0 Å². The standard InChI is InChI=1S/C13H18N2O4S/c1-9(11-6-4-8-19-11)15-13(16)10-5-2-3-7-12(10)20(14,17)18/h2-3,5,7,9,11H,4,6,8H2,1H3,(H,15,16)(H2,14,17,18). The Hall–Kier alpha value is -1.44. The Morgan fingerprint density at radius 1 is 1.45 bits per heavy atom. The van der Waals surface area contributed by atoms with E-state index in [1.54, 1.807) is 6.07 Å². The third-order valence-electron chi connectivity index (χ3n) is 3.32. The molecule has 3 N–H and O–H groups in total. The number of primary sulfonamides is 1. The number of benzene rings is 1. The summed E-state index contributed by atoms with van der Waals surface area (Å²) < 4.78 is 28.4. The smallest absolute Gasteiger partial charge is 0.252 e. The molecular formula is C13H18N2O4S. The summed E-state index contributed by atoms with van der Waals surface area (Å²) >= 11 is 0. The van der Waals surface area contributed by atoms with Gasteiger partial charge in [-0.25, -0.2) is 13.6 Å². The van der Waals surface area contributed by atoms with E-state index in [9.17, 15) is 13.2 Å². The zero-order valence-corrected chi connectivity index (χ0v) is 12.0. The Bertz CT molecular complexity index is 594. The van der Waals surface area contributed by atoms with E-state index >= 15 is 0 Å². The minimum absolute atomic E-state index is 0.0272. The number of amides is 1. The third-order valence-corrected chi connectivity index (χ3v) is 4.29. The number of nitrogens with two attached hydrogens (primary N) is 1. The van der Waals surface area contributed by atoms with Crippen LogP contribution in [0.1, 0.15) is 30.1 Å². The Morgan fingerprint density at radius 2 is 2.15 bits per heavy atom. The van der Waals surface area contributed by atoms with Crippen LogP contribution in [0.4, 0.5) is 0 Å². The Morgan fingerprint density at radius 3 is 2.75 bits per heavy atom. The lowest BCUT2D eigenvalue weighted by atomic mass is 10.1. The fraction of sp³-hybridized carbons (Fsp3) is 0.462. The van der Waals surface area contributed by atoms with Crippen molar-refractivity contribution in [1.82, 2.24) is 5.32 Å². The highest BCUT2D eigenvalue weighted by atomic mass is 32.2. The number of hydrogen-bond donors (Lipinski definition) is 2. The van der Waals surface area contributed by atoms with Crippen LogP contribution in [0.25, 0.3) is 0 Å². The summed E-state index contributed by atoms with van der Waals surface area (Å²) in [6, 6.07) is 5.71. The van der Waals surface area contributed by atoms with Gasteiger partial charge in [-0.2, -0.15) is 0 Å². The predicted octanol–water partition coefficient (Wildman–Crippen LogP) is 0.631. The number of sulfonamides is 1. The maximum absolute atomic E-state index is 12.2. The first kappa shape index (κ1) is 15.0. The number of ether oxygens (including phenoxy) is 1. The number of nitrogens with one attached hydrogen (secondary N) is 1. The van der Waals surface area contributed by atoms with Gasteiger partial charge in [-0.1, -0.05) is 12.1 Å². The second kappa shape index (κ2) is 5.90. The summed E-state index contributed by atoms with van der Waals surface area (Å²) in [6.07, 6.45) is 1.83. The van der Waals surface area contributed by atoms with Crippen molar-refractivity contribution >= 4 is 15.9 Å². The first-order valence-electron chi connectivity index (χ1n) is 6.44. The molecule has 20 heavy (non-hydrogen) atoms. The molecule has 2 unspecified atom stereocenters. The quantitative estimate of drug-likeness (QED) is 0.851. The van der Waals surface area contributed by atoms with Crippen molar-refractivity contribution in [2.24, 2.45) is 5.14 Å². The van der Waals surface area contributed by atoms with Gasteiger partial charge in [0.1, 0.15) is 0 Å². The molecule has 1 amide bonds. The zero-order valence-electron chi connectivity index (χ0n) is 11.2. The molecule has 1 aliphatic rings. The molecule has 0 aliphatic carbocycles. The van der Waals surface area contributed by atoms with Gasteiger partial charge in [0.05, 0.1) is 22.6 Å². The molecule has 0 bridgehead atoms. The summed E-state index contributed by atoms with van der Waals surface area (Å²) in [4.78, 5) is 12.0. The molecule has 1 fully saturated rings. The molecular weight excluding hydrogens is 280 g/mol. The molecule has 0 radical (unpaired) electrons. The largest absolute Gasteiger partial charge is 0.376 e. The van der Waals surface area contributed by atoms with Crippen LogP contribution >= 0.6 is 0 Å². The van der Waals surface area contributed by atoms with Crippen LogP contribution in [0, 0.1) is 0 Å². The van der Waals surface area contributed by atoms with Crippen LogP contribution < -0.4 is 10.5 Å². The van der Waals surface area contributed by atoms with Crippen LogP contribution in [0.2, 0.25) is 0 Å². The summed E-state index contributed by atoms with van der Waals surface area (Å²) in [5.74, 6) is -0.461. The van der Waals surface area contributed by atoms with Crippen molar-refractivity contribution in [2.45, 2.75) is 36.8 Å². The van der Waals surface area contributed by atoms with Crippen LogP contribution in [0.3, 0.4) is 0 Å². The number of rotatable bonds is 4.